The third-order valence-corrected chi connectivity index (χ3v) is 7.36. The molecule has 4 rings (SSSR count). The van der Waals surface area contributed by atoms with E-state index in [-0.39, 0.29) is 6.61 Å². The number of unbranched alkanes of at least 4 members (excludes halogenated alkanes) is 4. The summed E-state index contributed by atoms with van der Waals surface area (Å²) in [5, 5.41) is 23.8. The molecule has 0 radical (unpaired) electrons. The van der Waals surface area contributed by atoms with Crippen molar-refractivity contribution in [2.24, 2.45) is 0 Å². The van der Waals surface area contributed by atoms with Gasteiger partial charge in [-0.2, -0.15) is 0 Å². The number of nitrogens with one attached hydrogen (secondary N) is 1. The molecule has 232 valence electrons. The van der Waals surface area contributed by atoms with Gasteiger partial charge in [0.05, 0.1) is 11.0 Å². The molecule has 44 heavy (non-hydrogen) atoms. The number of hydrogen-bond acceptors (Lipinski definition) is 7. The van der Waals surface area contributed by atoms with Crippen molar-refractivity contribution in [3.8, 4) is 0 Å². The minimum Gasteiger partial charge on any atom is -0.480 e. The van der Waals surface area contributed by atoms with Crippen LogP contribution >= 0.6 is 0 Å². The van der Waals surface area contributed by atoms with Crippen LogP contribution in [0.2, 0.25) is 0 Å². The van der Waals surface area contributed by atoms with Gasteiger partial charge in [-0.3, -0.25) is 14.8 Å². The standard InChI is InChI=1S/C34H39N3O7/c38-30(39)23-44-32(34(41)42)31(43-20-8-2-4-10-25-14-16-28-29(22-25)36-19-18-35-28)33(40)37-17-7-1-3-9-24-13-15-26-11-5-6-12-27(26)21-24/h5-6,11-16,18-19,21-22,31-32H,1-4,7-10,17,20,23H2,(H,37,40)(H,38,39)(H,41,42). The zero-order valence-electron chi connectivity index (χ0n) is 24.7. The van der Waals surface area contributed by atoms with Crippen LogP contribution < -0.4 is 5.32 Å². The van der Waals surface area contributed by atoms with Crippen molar-refractivity contribution >= 4 is 39.7 Å². The van der Waals surface area contributed by atoms with Crippen LogP contribution in [-0.2, 0) is 36.7 Å². The Balaban J connectivity index is 1.20. The van der Waals surface area contributed by atoms with Gasteiger partial charge in [0.15, 0.2) is 12.2 Å². The summed E-state index contributed by atoms with van der Waals surface area (Å²) in [6, 6.07) is 20.7. The van der Waals surface area contributed by atoms with Gasteiger partial charge >= 0.3 is 11.9 Å². The van der Waals surface area contributed by atoms with E-state index in [1.807, 2.05) is 30.3 Å². The van der Waals surface area contributed by atoms with Gasteiger partial charge in [-0.15, -0.1) is 0 Å². The Morgan fingerprint density at radius 2 is 1.39 bits per heavy atom. The minimum atomic E-state index is -1.74. The number of aromatic nitrogens is 2. The molecule has 3 aromatic carbocycles. The van der Waals surface area contributed by atoms with Gasteiger partial charge < -0.3 is 25.0 Å². The van der Waals surface area contributed by atoms with E-state index >= 15 is 0 Å². The number of ether oxygens (including phenoxy) is 2. The molecule has 0 aliphatic rings. The number of aliphatic carboxylic acids is 2. The fourth-order valence-electron chi connectivity index (χ4n) is 5.07. The number of carbonyl (C=O) groups is 3. The lowest BCUT2D eigenvalue weighted by atomic mass is 10.0. The first-order valence-electron chi connectivity index (χ1n) is 15.0. The Hall–Kier alpha value is -4.41. The van der Waals surface area contributed by atoms with E-state index in [0.717, 1.165) is 55.1 Å². The first kappa shape index (κ1) is 32.5. The SMILES string of the molecule is O=C(O)COC(C(=O)O)C(OCCCCCc1ccc2nccnc2c1)C(=O)NCCCCCc1ccc2ccccc2c1. The average molecular weight is 602 g/mol. The topological polar surface area (TPSA) is 148 Å². The maximum absolute atomic E-state index is 13.0. The van der Waals surface area contributed by atoms with Gasteiger partial charge in [0.2, 0.25) is 0 Å². The largest absolute Gasteiger partial charge is 0.480 e. The van der Waals surface area contributed by atoms with Crippen molar-refractivity contribution in [2.75, 3.05) is 19.8 Å². The predicted molar refractivity (Wildman–Crippen MR) is 166 cm³/mol. The number of carbonyl (C=O) groups excluding carboxylic acids is 1. The molecule has 0 aliphatic carbocycles. The summed E-state index contributed by atoms with van der Waals surface area (Å²) in [4.78, 5) is 44.5. The molecule has 0 spiro atoms. The predicted octanol–water partition coefficient (Wildman–Crippen LogP) is 4.96. The van der Waals surface area contributed by atoms with E-state index < -0.39 is 36.7 Å². The molecule has 2 unspecified atom stereocenters. The summed E-state index contributed by atoms with van der Waals surface area (Å²) in [7, 11) is 0. The van der Waals surface area contributed by atoms with E-state index in [0.29, 0.717) is 19.4 Å². The second-order valence-corrected chi connectivity index (χ2v) is 10.7. The molecular weight excluding hydrogens is 562 g/mol. The summed E-state index contributed by atoms with van der Waals surface area (Å²) >= 11 is 0. The summed E-state index contributed by atoms with van der Waals surface area (Å²) < 4.78 is 10.8. The monoisotopic (exact) mass is 601 g/mol. The highest BCUT2D eigenvalue weighted by Gasteiger charge is 2.36. The molecule has 0 saturated heterocycles. The molecule has 10 nitrogen and oxygen atoms in total. The quantitative estimate of drug-likeness (QED) is 0.127. The lowest BCUT2D eigenvalue weighted by molar-refractivity contribution is -0.172. The highest BCUT2D eigenvalue weighted by molar-refractivity contribution is 5.88. The van der Waals surface area contributed by atoms with E-state index in [1.54, 1.807) is 12.4 Å². The first-order chi connectivity index (χ1) is 21.4. The molecule has 0 saturated carbocycles. The zero-order valence-corrected chi connectivity index (χ0v) is 24.7. The van der Waals surface area contributed by atoms with Crippen LogP contribution in [-0.4, -0.2) is 70.0 Å². The Morgan fingerprint density at radius 3 is 2.14 bits per heavy atom. The van der Waals surface area contributed by atoms with Crippen molar-refractivity contribution < 1.29 is 34.1 Å². The van der Waals surface area contributed by atoms with Crippen molar-refractivity contribution in [2.45, 2.75) is 63.6 Å². The van der Waals surface area contributed by atoms with Crippen LogP contribution in [0.15, 0.2) is 73.1 Å². The van der Waals surface area contributed by atoms with E-state index in [9.17, 15) is 19.5 Å². The van der Waals surface area contributed by atoms with E-state index in [2.05, 4.69) is 45.6 Å². The number of aryl methyl sites for hydroxylation is 2. The van der Waals surface area contributed by atoms with Crippen molar-refractivity contribution in [1.82, 2.24) is 15.3 Å². The molecule has 4 aromatic rings. The Bertz CT molecular complexity index is 1540. The van der Waals surface area contributed by atoms with Crippen molar-refractivity contribution in [1.29, 1.82) is 0 Å². The maximum atomic E-state index is 13.0. The van der Waals surface area contributed by atoms with Crippen LogP contribution in [0.25, 0.3) is 21.8 Å². The summed E-state index contributed by atoms with van der Waals surface area (Å²) in [6.45, 7) is -0.375. The molecular formula is C34H39N3O7. The minimum absolute atomic E-state index is 0.132. The second-order valence-electron chi connectivity index (χ2n) is 10.7. The fraction of sp³-hybridized carbons (Fsp3) is 0.382. The molecule has 1 amide bonds. The molecule has 3 N–H and O–H groups in total. The number of amides is 1. The summed E-state index contributed by atoms with van der Waals surface area (Å²) in [6.07, 6.45) is 6.64. The molecule has 0 fully saturated rings. The molecule has 10 heteroatoms. The third-order valence-electron chi connectivity index (χ3n) is 7.36. The molecule has 0 aliphatic heterocycles. The number of rotatable bonds is 19. The Labute approximate surface area is 256 Å². The number of carboxylic acids is 2. The second kappa shape index (κ2) is 17.0. The van der Waals surface area contributed by atoms with Gasteiger partial charge in [-0.25, -0.2) is 9.59 Å². The lowest BCUT2D eigenvalue weighted by Gasteiger charge is -2.23. The molecule has 0 bridgehead atoms. The first-order valence-corrected chi connectivity index (χ1v) is 15.0. The van der Waals surface area contributed by atoms with Crippen LogP contribution in [0.5, 0.6) is 0 Å². The van der Waals surface area contributed by atoms with Gasteiger partial charge in [0.25, 0.3) is 5.91 Å². The van der Waals surface area contributed by atoms with Crippen LogP contribution in [0.3, 0.4) is 0 Å². The summed E-state index contributed by atoms with van der Waals surface area (Å²) in [5.41, 5.74) is 4.08. The van der Waals surface area contributed by atoms with E-state index in [4.69, 9.17) is 14.6 Å². The smallest absolute Gasteiger partial charge is 0.336 e. The van der Waals surface area contributed by atoms with Crippen molar-refractivity contribution in [3.63, 3.8) is 0 Å². The zero-order chi connectivity index (χ0) is 31.1. The van der Waals surface area contributed by atoms with Crippen molar-refractivity contribution in [3.05, 3.63) is 84.2 Å². The van der Waals surface area contributed by atoms with Gasteiger partial charge in [0, 0.05) is 25.5 Å². The molecule has 2 atom stereocenters. The highest BCUT2D eigenvalue weighted by Crippen LogP contribution is 2.18. The highest BCUT2D eigenvalue weighted by atomic mass is 16.6. The molecule has 1 heterocycles. The van der Waals surface area contributed by atoms with Gasteiger partial charge in [0.1, 0.15) is 6.61 Å². The number of nitrogens with zero attached hydrogens (tertiary/aromatic N) is 2. The maximum Gasteiger partial charge on any atom is 0.336 e. The van der Waals surface area contributed by atoms with Gasteiger partial charge in [-0.05, 0) is 72.6 Å². The normalized spacial score (nSPS) is 12.6. The number of hydrogen-bond donors (Lipinski definition) is 3. The summed E-state index contributed by atoms with van der Waals surface area (Å²) in [5.74, 6) is -3.42. The molecule has 1 aromatic heterocycles. The van der Waals surface area contributed by atoms with Crippen LogP contribution in [0.1, 0.15) is 49.7 Å². The Kier molecular flexibility index (Phi) is 12.6. The number of benzene rings is 3. The van der Waals surface area contributed by atoms with Crippen LogP contribution in [0, 0.1) is 0 Å². The lowest BCUT2D eigenvalue weighted by Crippen LogP contribution is -2.49. The Morgan fingerprint density at radius 1 is 0.705 bits per heavy atom. The average Bonchev–Trinajstić information content (AvgIpc) is 3.02. The number of fused-ring (bicyclic) bond motifs is 2. The number of carboxylic acid groups (broad SMARTS) is 2. The van der Waals surface area contributed by atoms with Crippen LogP contribution in [0.4, 0.5) is 0 Å². The third kappa shape index (κ3) is 10.1. The fourth-order valence-corrected chi connectivity index (χ4v) is 5.07. The van der Waals surface area contributed by atoms with Gasteiger partial charge in [-0.1, -0.05) is 61.4 Å². The van der Waals surface area contributed by atoms with E-state index in [1.165, 1.54) is 16.3 Å².